The van der Waals surface area contributed by atoms with E-state index in [0.717, 1.165) is 10.4 Å². The summed E-state index contributed by atoms with van der Waals surface area (Å²) in [5.74, 6) is 5.65. The van der Waals surface area contributed by atoms with Crippen molar-refractivity contribution in [2.45, 2.75) is 13.3 Å². The Morgan fingerprint density at radius 1 is 1.60 bits per heavy atom. The number of aromatic nitrogens is 4. The van der Waals surface area contributed by atoms with Gasteiger partial charge >= 0.3 is 0 Å². The first-order valence-corrected chi connectivity index (χ1v) is 6.67. The van der Waals surface area contributed by atoms with Gasteiger partial charge in [0.2, 0.25) is 0 Å². The van der Waals surface area contributed by atoms with E-state index >= 15 is 0 Å². The number of nitrogens with zero attached hydrogens (tertiary/aromatic N) is 4. The molecule has 2 N–H and O–H groups in total. The van der Waals surface area contributed by atoms with Crippen molar-refractivity contribution in [2.75, 3.05) is 11.9 Å². The molecule has 0 saturated heterocycles. The first-order valence-electron chi connectivity index (χ1n) is 5.85. The number of hydrogen-bond donors (Lipinski definition) is 2. The normalized spacial score (nSPS) is 9.95. The van der Waals surface area contributed by atoms with E-state index in [1.54, 1.807) is 13.1 Å². The topological polar surface area (TPSA) is 92.9 Å². The second-order valence-corrected chi connectivity index (χ2v) is 5.01. The lowest BCUT2D eigenvalue weighted by Crippen LogP contribution is -2.11. The van der Waals surface area contributed by atoms with Gasteiger partial charge in [-0.15, -0.1) is 16.4 Å². The second kappa shape index (κ2) is 6.27. The minimum absolute atomic E-state index is 0.0309. The number of aliphatic hydroxyl groups excluding tert-OH is 1. The van der Waals surface area contributed by atoms with Crippen LogP contribution in [0.25, 0.3) is 0 Å². The SMILES string of the molecule is Cc1cc(C(=O)Nc2nnn(C)n2)sc1C#CCCO. The fourth-order valence-electron chi connectivity index (χ4n) is 1.41. The van der Waals surface area contributed by atoms with Crippen LogP contribution in [0.1, 0.15) is 26.5 Å². The molecule has 0 aromatic carbocycles. The van der Waals surface area contributed by atoms with E-state index in [0.29, 0.717) is 11.3 Å². The lowest BCUT2D eigenvalue weighted by molar-refractivity contribution is 0.102. The Morgan fingerprint density at radius 3 is 3.05 bits per heavy atom. The number of rotatable bonds is 3. The van der Waals surface area contributed by atoms with Crippen LogP contribution in [0.2, 0.25) is 0 Å². The molecular weight excluding hydrogens is 278 g/mol. The molecule has 0 aliphatic heterocycles. The van der Waals surface area contributed by atoms with Gasteiger partial charge in [0.1, 0.15) is 0 Å². The van der Waals surface area contributed by atoms with Gasteiger partial charge in [0.25, 0.3) is 11.9 Å². The van der Waals surface area contributed by atoms with E-state index in [-0.39, 0.29) is 18.5 Å². The third-order valence-electron chi connectivity index (χ3n) is 2.31. The van der Waals surface area contributed by atoms with E-state index in [1.807, 2.05) is 6.92 Å². The van der Waals surface area contributed by atoms with Crippen LogP contribution in [0.4, 0.5) is 5.95 Å². The molecular formula is C12H13N5O2S. The summed E-state index contributed by atoms with van der Waals surface area (Å²) < 4.78 is 0. The fraction of sp³-hybridized carbons (Fsp3) is 0.333. The van der Waals surface area contributed by atoms with Gasteiger partial charge in [-0.2, -0.15) is 4.80 Å². The van der Waals surface area contributed by atoms with Gasteiger partial charge in [-0.05, 0) is 23.8 Å². The lowest BCUT2D eigenvalue weighted by atomic mass is 10.2. The monoisotopic (exact) mass is 291 g/mol. The van der Waals surface area contributed by atoms with Crippen LogP contribution in [0, 0.1) is 18.8 Å². The Hall–Kier alpha value is -2.24. The Labute approximate surface area is 119 Å². The third-order valence-corrected chi connectivity index (χ3v) is 3.47. The van der Waals surface area contributed by atoms with Crippen molar-refractivity contribution >= 4 is 23.2 Å². The molecule has 0 radical (unpaired) electrons. The third kappa shape index (κ3) is 3.40. The Bertz CT molecular complexity index is 680. The number of carbonyl (C=O) groups excluding carboxylic acids is 1. The zero-order chi connectivity index (χ0) is 14.5. The summed E-state index contributed by atoms with van der Waals surface area (Å²) >= 11 is 1.29. The molecule has 0 aliphatic carbocycles. The Balaban J connectivity index is 2.11. The van der Waals surface area contributed by atoms with Crippen LogP contribution in [-0.4, -0.2) is 37.8 Å². The van der Waals surface area contributed by atoms with E-state index < -0.39 is 0 Å². The molecule has 7 nitrogen and oxygen atoms in total. The highest BCUT2D eigenvalue weighted by Crippen LogP contribution is 2.21. The van der Waals surface area contributed by atoms with Crippen molar-refractivity contribution in [3.63, 3.8) is 0 Å². The second-order valence-electron chi connectivity index (χ2n) is 3.95. The summed E-state index contributed by atoms with van der Waals surface area (Å²) in [6.45, 7) is 1.92. The molecule has 8 heteroatoms. The highest BCUT2D eigenvalue weighted by atomic mass is 32.1. The molecule has 0 aliphatic rings. The van der Waals surface area contributed by atoms with Crippen molar-refractivity contribution in [1.29, 1.82) is 0 Å². The van der Waals surface area contributed by atoms with E-state index in [9.17, 15) is 4.79 Å². The Morgan fingerprint density at radius 2 is 2.40 bits per heavy atom. The molecule has 104 valence electrons. The maximum absolute atomic E-state index is 12.0. The van der Waals surface area contributed by atoms with Gasteiger partial charge in [0, 0.05) is 6.42 Å². The van der Waals surface area contributed by atoms with Gasteiger partial charge in [0.15, 0.2) is 0 Å². The van der Waals surface area contributed by atoms with Crippen LogP contribution in [-0.2, 0) is 7.05 Å². The van der Waals surface area contributed by atoms with Gasteiger partial charge in [-0.3, -0.25) is 10.1 Å². The minimum atomic E-state index is -0.290. The molecule has 20 heavy (non-hydrogen) atoms. The molecule has 0 bridgehead atoms. The van der Waals surface area contributed by atoms with Gasteiger partial charge in [0.05, 0.1) is 23.4 Å². The van der Waals surface area contributed by atoms with Crippen molar-refractivity contribution in [2.24, 2.45) is 7.05 Å². The first-order chi connectivity index (χ1) is 9.60. The lowest BCUT2D eigenvalue weighted by Gasteiger charge is -1.95. The summed E-state index contributed by atoms with van der Waals surface area (Å²) in [5.41, 5.74) is 0.928. The number of aliphatic hydroxyl groups is 1. The molecule has 2 heterocycles. The number of amides is 1. The summed E-state index contributed by atoms with van der Waals surface area (Å²) in [7, 11) is 1.62. The zero-order valence-corrected chi connectivity index (χ0v) is 11.9. The van der Waals surface area contributed by atoms with Gasteiger partial charge in [-0.25, -0.2) is 0 Å². The maximum atomic E-state index is 12.0. The Kier molecular flexibility index (Phi) is 4.45. The minimum Gasteiger partial charge on any atom is -0.395 e. The molecule has 0 unspecified atom stereocenters. The summed E-state index contributed by atoms with van der Waals surface area (Å²) in [6, 6.07) is 1.76. The van der Waals surface area contributed by atoms with Crippen molar-refractivity contribution in [3.8, 4) is 11.8 Å². The largest absolute Gasteiger partial charge is 0.395 e. The molecule has 0 atom stereocenters. The fourth-order valence-corrected chi connectivity index (χ4v) is 2.36. The highest BCUT2D eigenvalue weighted by molar-refractivity contribution is 7.14. The number of aryl methyl sites for hydroxylation is 2. The predicted molar refractivity (Wildman–Crippen MR) is 74.4 cm³/mol. The van der Waals surface area contributed by atoms with E-state index in [2.05, 4.69) is 32.6 Å². The highest BCUT2D eigenvalue weighted by Gasteiger charge is 2.13. The number of tetrazole rings is 1. The molecule has 2 aromatic rings. The summed E-state index contributed by atoms with van der Waals surface area (Å²) in [6.07, 6.45) is 0.419. The average molecular weight is 291 g/mol. The molecule has 0 saturated carbocycles. The van der Waals surface area contributed by atoms with Crippen LogP contribution >= 0.6 is 11.3 Å². The van der Waals surface area contributed by atoms with E-state index in [4.69, 9.17) is 5.11 Å². The van der Waals surface area contributed by atoms with Crippen molar-refractivity contribution < 1.29 is 9.90 Å². The van der Waals surface area contributed by atoms with Gasteiger partial charge in [-0.1, -0.05) is 16.9 Å². The smallest absolute Gasteiger partial charge is 0.270 e. The molecule has 1 amide bonds. The molecule has 2 aromatic heterocycles. The van der Waals surface area contributed by atoms with Crippen molar-refractivity contribution in [1.82, 2.24) is 20.2 Å². The number of hydrogen-bond acceptors (Lipinski definition) is 6. The van der Waals surface area contributed by atoms with Crippen LogP contribution in [0.3, 0.4) is 0 Å². The standard InChI is InChI=1S/C12H13N5O2S/c1-8-7-10(20-9(8)5-3-4-6-18)11(19)13-12-14-16-17(2)15-12/h7,18H,4,6H2,1-2H3,(H,13,15,19). The number of anilines is 1. The maximum Gasteiger partial charge on any atom is 0.270 e. The number of nitrogens with one attached hydrogen (secondary N) is 1. The van der Waals surface area contributed by atoms with Crippen LogP contribution in [0.15, 0.2) is 6.07 Å². The number of carbonyl (C=O) groups is 1. The summed E-state index contributed by atoms with van der Waals surface area (Å²) in [4.78, 5) is 14.6. The number of thiophene rings is 1. The van der Waals surface area contributed by atoms with Gasteiger partial charge < -0.3 is 5.11 Å². The molecule has 0 fully saturated rings. The zero-order valence-electron chi connectivity index (χ0n) is 11.0. The quantitative estimate of drug-likeness (QED) is 0.806. The first kappa shape index (κ1) is 14.2. The van der Waals surface area contributed by atoms with E-state index in [1.165, 1.54) is 16.1 Å². The molecule has 0 spiro atoms. The average Bonchev–Trinajstić information content (AvgIpc) is 2.97. The predicted octanol–water partition coefficient (Wildman–Crippen LogP) is 0.566. The van der Waals surface area contributed by atoms with Crippen LogP contribution in [0.5, 0.6) is 0 Å². The molecule has 2 rings (SSSR count). The van der Waals surface area contributed by atoms with Crippen molar-refractivity contribution in [3.05, 3.63) is 21.4 Å². The summed E-state index contributed by atoms with van der Waals surface area (Å²) in [5, 5.41) is 22.5. The van der Waals surface area contributed by atoms with Crippen LogP contribution < -0.4 is 5.32 Å².